The van der Waals surface area contributed by atoms with Crippen molar-refractivity contribution >= 4 is 11.9 Å². The molecule has 0 bridgehead atoms. The number of carbonyl (C=O) groups excluding carboxylic acids is 2. The smallest absolute Gasteiger partial charge is 0.319 e. The summed E-state index contributed by atoms with van der Waals surface area (Å²) in [7, 11) is 2.63. The van der Waals surface area contributed by atoms with Crippen molar-refractivity contribution in [3.8, 4) is 5.75 Å². The van der Waals surface area contributed by atoms with E-state index in [2.05, 4.69) is 9.47 Å². The Balaban J connectivity index is 2.69. The summed E-state index contributed by atoms with van der Waals surface area (Å²) < 4.78 is 14.6. The van der Waals surface area contributed by atoms with Gasteiger partial charge < -0.3 is 14.2 Å². The molecular formula is C15H21NO5. The van der Waals surface area contributed by atoms with Crippen molar-refractivity contribution in [1.82, 2.24) is 4.90 Å². The zero-order valence-corrected chi connectivity index (χ0v) is 12.6. The molecule has 6 nitrogen and oxygen atoms in total. The van der Waals surface area contributed by atoms with Crippen LogP contribution in [-0.4, -0.2) is 50.8 Å². The molecule has 0 saturated carbocycles. The summed E-state index contributed by atoms with van der Waals surface area (Å²) in [4.78, 5) is 24.4. The van der Waals surface area contributed by atoms with Gasteiger partial charge in [0, 0.05) is 6.54 Å². The van der Waals surface area contributed by atoms with E-state index in [9.17, 15) is 9.59 Å². The van der Waals surface area contributed by atoms with Crippen molar-refractivity contribution < 1.29 is 23.8 Å². The maximum atomic E-state index is 11.4. The van der Waals surface area contributed by atoms with E-state index in [1.807, 2.05) is 31.2 Å². The highest BCUT2D eigenvalue weighted by Gasteiger charge is 2.15. The van der Waals surface area contributed by atoms with Crippen LogP contribution in [0.2, 0.25) is 0 Å². The normalized spacial score (nSPS) is 10.3. The van der Waals surface area contributed by atoms with Crippen LogP contribution in [0, 0.1) is 0 Å². The fraction of sp³-hybridized carbons (Fsp3) is 0.467. The minimum absolute atomic E-state index is 0.0266. The van der Waals surface area contributed by atoms with Gasteiger partial charge in [0.25, 0.3) is 0 Å². The second-order valence-electron chi connectivity index (χ2n) is 4.37. The Morgan fingerprint density at radius 2 is 1.52 bits per heavy atom. The van der Waals surface area contributed by atoms with Gasteiger partial charge in [0.1, 0.15) is 5.75 Å². The van der Waals surface area contributed by atoms with Gasteiger partial charge in [0.05, 0.1) is 33.9 Å². The predicted molar refractivity (Wildman–Crippen MR) is 76.9 cm³/mol. The first-order chi connectivity index (χ1) is 10.1. The van der Waals surface area contributed by atoms with Gasteiger partial charge in [-0.25, -0.2) is 0 Å². The molecule has 0 amide bonds. The van der Waals surface area contributed by atoms with E-state index in [1.165, 1.54) is 14.2 Å². The third-order valence-corrected chi connectivity index (χ3v) is 2.80. The Labute approximate surface area is 124 Å². The van der Waals surface area contributed by atoms with Crippen LogP contribution in [-0.2, 0) is 25.6 Å². The van der Waals surface area contributed by atoms with Gasteiger partial charge in [0.15, 0.2) is 0 Å². The number of methoxy groups -OCH3 is 2. The van der Waals surface area contributed by atoms with Crippen LogP contribution in [0.25, 0.3) is 0 Å². The largest absolute Gasteiger partial charge is 0.494 e. The quantitative estimate of drug-likeness (QED) is 0.672. The van der Waals surface area contributed by atoms with E-state index in [1.54, 1.807) is 4.90 Å². The molecule has 0 heterocycles. The number of hydrogen-bond acceptors (Lipinski definition) is 6. The van der Waals surface area contributed by atoms with E-state index < -0.39 is 11.9 Å². The van der Waals surface area contributed by atoms with Gasteiger partial charge in [-0.3, -0.25) is 14.5 Å². The summed E-state index contributed by atoms with van der Waals surface area (Å²) in [6.45, 7) is 3.02. The standard InChI is InChI=1S/C15H21NO5/c1-4-21-13-7-5-12(6-8-13)9-16(10-14(17)19-2)11-15(18)20-3/h5-8H,4,9-11H2,1-3H3. The van der Waals surface area contributed by atoms with Crippen LogP contribution in [0.1, 0.15) is 12.5 Å². The van der Waals surface area contributed by atoms with Crippen LogP contribution in [0.3, 0.4) is 0 Å². The summed E-state index contributed by atoms with van der Waals surface area (Å²) in [6.07, 6.45) is 0. The number of ether oxygens (including phenoxy) is 3. The Hall–Kier alpha value is -2.08. The summed E-state index contributed by atoms with van der Waals surface area (Å²) in [5.74, 6) is -0.0107. The van der Waals surface area contributed by atoms with Crippen molar-refractivity contribution in [2.75, 3.05) is 33.9 Å². The molecule has 6 heteroatoms. The fourth-order valence-corrected chi connectivity index (χ4v) is 1.78. The predicted octanol–water partition coefficient (Wildman–Crippen LogP) is 1.23. The van der Waals surface area contributed by atoms with Crippen LogP contribution in [0.15, 0.2) is 24.3 Å². The first-order valence-corrected chi connectivity index (χ1v) is 6.66. The molecule has 0 atom stereocenters. The number of esters is 2. The number of benzene rings is 1. The molecular weight excluding hydrogens is 274 g/mol. The summed E-state index contributed by atoms with van der Waals surface area (Å²) >= 11 is 0. The molecule has 0 aliphatic carbocycles. The zero-order chi connectivity index (χ0) is 15.7. The van der Waals surface area contributed by atoms with Gasteiger partial charge >= 0.3 is 11.9 Å². The van der Waals surface area contributed by atoms with Crippen LogP contribution >= 0.6 is 0 Å². The number of carbonyl (C=O) groups is 2. The lowest BCUT2D eigenvalue weighted by Gasteiger charge is -2.19. The molecule has 0 aliphatic heterocycles. The molecule has 1 aromatic carbocycles. The molecule has 21 heavy (non-hydrogen) atoms. The molecule has 0 radical (unpaired) electrons. The highest BCUT2D eigenvalue weighted by Crippen LogP contribution is 2.13. The van der Waals surface area contributed by atoms with Crippen LogP contribution in [0.4, 0.5) is 0 Å². The fourth-order valence-electron chi connectivity index (χ4n) is 1.78. The number of nitrogens with zero attached hydrogens (tertiary/aromatic N) is 1. The molecule has 0 unspecified atom stereocenters. The monoisotopic (exact) mass is 295 g/mol. The van der Waals surface area contributed by atoms with Crippen LogP contribution in [0.5, 0.6) is 5.75 Å². The van der Waals surface area contributed by atoms with Crippen molar-refractivity contribution in [2.45, 2.75) is 13.5 Å². The molecule has 0 aliphatic rings. The van der Waals surface area contributed by atoms with Gasteiger partial charge in [-0.15, -0.1) is 0 Å². The first-order valence-electron chi connectivity index (χ1n) is 6.66. The lowest BCUT2D eigenvalue weighted by Crippen LogP contribution is -2.35. The highest BCUT2D eigenvalue weighted by atomic mass is 16.5. The van der Waals surface area contributed by atoms with Crippen molar-refractivity contribution in [1.29, 1.82) is 0 Å². The minimum Gasteiger partial charge on any atom is -0.494 e. The zero-order valence-electron chi connectivity index (χ0n) is 12.6. The molecule has 0 fully saturated rings. The van der Waals surface area contributed by atoms with Gasteiger partial charge in [0.2, 0.25) is 0 Å². The molecule has 1 aromatic rings. The van der Waals surface area contributed by atoms with E-state index >= 15 is 0 Å². The average molecular weight is 295 g/mol. The summed E-state index contributed by atoms with van der Waals surface area (Å²) in [6, 6.07) is 7.50. The van der Waals surface area contributed by atoms with E-state index in [4.69, 9.17) is 4.74 Å². The van der Waals surface area contributed by atoms with E-state index in [-0.39, 0.29) is 13.1 Å². The number of rotatable bonds is 8. The highest BCUT2D eigenvalue weighted by molar-refractivity contribution is 5.74. The van der Waals surface area contributed by atoms with Gasteiger partial charge in [-0.1, -0.05) is 12.1 Å². The minimum atomic E-state index is -0.398. The van der Waals surface area contributed by atoms with E-state index in [0.29, 0.717) is 13.2 Å². The maximum Gasteiger partial charge on any atom is 0.319 e. The second kappa shape index (κ2) is 8.97. The lowest BCUT2D eigenvalue weighted by atomic mass is 10.2. The molecule has 1 rings (SSSR count). The van der Waals surface area contributed by atoms with Crippen molar-refractivity contribution in [3.63, 3.8) is 0 Å². The van der Waals surface area contributed by atoms with E-state index in [0.717, 1.165) is 11.3 Å². The summed E-state index contributed by atoms with van der Waals surface area (Å²) in [5.41, 5.74) is 0.964. The average Bonchev–Trinajstić information content (AvgIpc) is 2.49. The molecule has 0 spiro atoms. The topological polar surface area (TPSA) is 65.1 Å². The lowest BCUT2D eigenvalue weighted by molar-refractivity contribution is -0.145. The molecule has 0 saturated heterocycles. The van der Waals surface area contributed by atoms with Gasteiger partial charge in [-0.2, -0.15) is 0 Å². The molecule has 116 valence electrons. The Bertz CT molecular complexity index is 440. The summed E-state index contributed by atoms with van der Waals surface area (Å²) in [5, 5.41) is 0. The Kier molecular flexibility index (Phi) is 7.25. The van der Waals surface area contributed by atoms with Crippen molar-refractivity contribution in [3.05, 3.63) is 29.8 Å². The molecule has 0 N–H and O–H groups in total. The number of hydrogen-bond donors (Lipinski definition) is 0. The van der Waals surface area contributed by atoms with Gasteiger partial charge in [-0.05, 0) is 24.6 Å². The van der Waals surface area contributed by atoms with Crippen molar-refractivity contribution in [2.24, 2.45) is 0 Å². The van der Waals surface area contributed by atoms with Crippen LogP contribution < -0.4 is 4.74 Å². The Morgan fingerprint density at radius 3 is 1.95 bits per heavy atom. The maximum absolute atomic E-state index is 11.4. The second-order valence-corrected chi connectivity index (χ2v) is 4.37. The molecule has 0 aromatic heterocycles. The SMILES string of the molecule is CCOc1ccc(CN(CC(=O)OC)CC(=O)OC)cc1. The Morgan fingerprint density at radius 1 is 1.00 bits per heavy atom. The third-order valence-electron chi connectivity index (χ3n) is 2.80. The third kappa shape index (κ3) is 6.27. The first kappa shape index (κ1) is 17.0.